The van der Waals surface area contributed by atoms with Gasteiger partial charge >= 0.3 is 18.8 Å². The molecule has 3 heterocycles. The van der Waals surface area contributed by atoms with E-state index in [1.165, 1.54) is 0 Å². The molecule has 0 radical (unpaired) electrons. The highest BCUT2D eigenvalue weighted by Gasteiger charge is 2.56. The molecule has 2 aromatic carbocycles. The molecule has 2 fully saturated rings. The number of nitrogens with two attached hydrogens (primary N) is 1. The zero-order valence-electron chi connectivity index (χ0n) is 36.1. The smallest absolute Gasteiger partial charge is 0.407 e. The summed E-state index contributed by atoms with van der Waals surface area (Å²) >= 11 is 0. The lowest BCUT2D eigenvalue weighted by molar-refractivity contribution is -0.220. The molecule has 0 bridgehead atoms. The van der Waals surface area contributed by atoms with Crippen molar-refractivity contribution < 1.29 is 54.9 Å². The SMILES string of the molecule is COC(=O)N[C@H](C(=O)N[C@@H](Cc1ccc(C#Cc2ccc(N3CCN(C4CCOCC4)CC3)nc2)cc1)[C@@H](O)CNCc1c(F)cc(C(N)=CC=NC(F)F)cc1F)C(C)(C)C(F)(F)F. The number of alkyl carbamates (subject to hydrolysis) is 1. The molecule has 3 aromatic rings. The van der Waals surface area contributed by atoms with Crippen LogP contribution in [0.1, 0.15) is 54.5 Å². The van der Waals surface area contributed by atoms with Crippen LogP contribution >= 0.6 is 0 Å². The van der Waals surface area contributed by atoms with Gasteiger partial charge in [0, 0.05) is 98.9 Å². The minimum atomic E-state index is -4.98. The molecule has 0 saturated carbocycles. The van der Waals surface area contributed by atoms with E-state index < -0.39 is 78.6 Å². The third-order valence-corrected chi connectivity index (χ3v) is 11.4. The molecule has 1 aromatic heterocycles. The number of hydrogen-bond acceptors (Lipinski definition) is 11. The summed E-state index contributed by atoms with van der Waals surface area (Å²) in [6.45, 7) is 2.75. The Labute approximate surface area is 372 Å². The van der Waals surface area contributed by atoms with Gasteiger partial charge < -0.3 is 41.2 Å². The van der Waals surface area contributed by atoms with Crippen LogP contribution in [0.25, 0.3) is 5.70 Å². The van der Waals surface area contributed by atoms with Gasteiger partial charge in [-0.25, -0.2) is 23.6 Å². The third-order valence-electron chi connectivity index (χ3n) is 11.4. The van der Waals surface area contributed by atoms with Crippen LogP contribution in [0, 0.1) is 28.9 Å². The Morgan fingerprint density at radius 3 is 2.22 bits per heavy atom. The van der Waals surface area contributed by atoms with Crippen LogP contribution in [0.4, 0.5) is 41.3 Å². The van der Waals surface area contributed by atoms with E-state index in [0.29, 0.717) is 28.9 Å². The minimum absolute atomic E-state index is 0.147. The van der Waals surface area contributed by atoms with E-state index in [1.54, 1.807) is 30.5 Å². The number of rotatable bonds is 16. The summed E-state index contributed by atoms with van der Waals surface area (Å²) in [4.78, 5) is 38.0. The van der Waals surface area contributed by atoms with Gasteiger partial charge in [0.15, 0.2) is 0 Å². The predicted molar refractivity (Wildman–Crippen MR) is 230 cm³/mol. The first-order valence-corrected chi connectivity index (χ1v) is 20.9. The topological polar surface area (TPSA) is 167 Å². The number of carbonyl (C=O) groups is 2. The summed E-state index contributed by atoms with van der Waals surface area (Å²) in [5, 5.41) is 18.4. The quantitative estimate of drug-likeness (QED) is 0.0562. The number of aliphatic hydroxyl groups is 1. The van der Waals surface area contributed by atoms with E-state index in [-0.39, 0.29) is 17.7 Å². The van der Waals surface area contributed by atoms with Crippen molar-refractivity contribution in [3.05, 3.63) is 100 Å². The number of aliphatic hydroxyl groups excluding tert-OH is 1. The Bertz CT molecular complexity index is 2160. The molecule has 2 amide bonds. The van der Waals surface area contributed by atoms with E-state index in [4.69, 9.17) is 10.5 Å². The Morgan fingerprint density at radius 2 is 1.63 bits per heavy atom. The minimum Gasteiger partial charge on any atom is -0.453 e. The number of ether oxygens (including phenoxy) is 2. The predicted octanol–water partition coefficient (Wildman–Crippen LogP) is 5.14. The standard InChI is InChI=1S/C45H53F7N8O5/c1-44(2,45(50,51)52)40(58-43(63)64-3)41(62)57-37(38(61)27-54-26-33-34(46)23-31(24-35(33)47)36(53)12-15-55-42(48)49)22-29-7-4-28(5-8-29)6-9-30-10-11-39(56-25-30)60-18-16-59(17-19-60)32-13-20-65-21-14-32/h4-5,7-8,10-12,15,23-25,32,37-38,40,42,54,61H,13-14,16-22,26-27,53H2,1-3H3,(H,57,62)(H,58,63)/t37-,38-,40+/m0/s1. The van der Waals surface area contributed by atoms with Crippen LogP contribution in [0.2, 0.25) is 0 Å². The van der Waals surface area contributed by atoms with Crippen molar-refractivity contribution in [1.82, 2.24) is 25.8 Å². The second-order valence-corrected chi connectivity index (χ2v) is 16.1. The monoisotopic (exact) mass is 918 g/mol. The first-order chi connectivity index (χ1) is 30.9. The van der Waals surface area contributed by atoms with Crippen LogP contribution in [0.3, 0.4) is 0 Å². The highest BCUT2D eigenvalue weighted by Crippen LogP contribution is 2.40. The van der Waals surface area contributed by atoms with E-state index in [1.807, 2.05) is 17.4 Å². The normalized spacial score (nSPS) is 17.0. The number of nitrogens with one attached hydrogen (secondary N) is 3. The van der Waals surface area contributed by atoms with Gasteiger partial charge in [-0.1, -0.05) is 24.0 Å². The molecule has 2 saturated heterocycles. The lowest BCUT2D eigenvalue weighted by atomic mass is 9.82. The Balaban J connectivity index is 1.27. The van der Waals surface area contributed by atoms with Crippen LogP contribution in [-0.4, -0.2) is 123 Å². The molecule has 3 atom stereocenters. The van der Waals surface area contributed by atoms with Gasteiger partial charge in [-0.2, -0.15) is 22.0 Å². The van der Waals surface area contributed by atoms with Crippen molar-refractivity contribution >= 4 is 29.7 Å². The van der Waals surface area contributed by atoms with Crippen molar-refractivity contribution in [1.29, 1.82) is 0 Å². The number of nitrogens with zero attached hydrogens (tertiary/aromatic N) is 4. The van der Waals surface area contributed by atoms with Crippen molar-refractivity contribution in [2.45, 2.75) is 76.6 Å². The maximum Gasteiger partial charge on any atom is 0.407 e. The largest absolute Gasteiger partial charge is 0.453 e. The van der Waals surface area contributed by atoms with Crippen molar-refractivity contribution in [2.24, 2.45) is 16.1 Å². The average molecular weight is 919 g/mol. The molecule has 65 heavy (non-hydrogen) atoms. The zero-order chi connectivity index (χ0) is 47.3. The maximum atomic E-state index is 15.0. The molecular formula is C45H53F7N8O5. The lowest BCUT2D eigenvalue weighted by Gasteiger charge is -2.41. The second kappa shape index (κ2) is 22.9. The Kier molecular flexibility index (Phi) is 17.7. The first-order valence-electron chi connectivity index (χ1n) is 20.9. The van der Waals surface area contributed by atoms with Gasteiger partial charge in [-0.05, 0) is 81.1 Å². The van der Waals surface area contributed by atoms with Gasteiger partial charge in [0.2, 0.25) is 5.91 Å². The number of amides is 2. The molecule has 0 unspecified atom stereocenters. The summed E-state index contributed by atoms with van der Waals surface area (Å²) in [5.41, 5.74) is 3.86. The number of pyridine rings is 1. The van der Waals surface area contributed by atoms with Crippen LogP contribution in [0.15, 0.2) is 65.8 Å². The number of hydrogen-bond donors (Lipinski definition) is 5. The maximum absolute atomic E-state index is 15.0. The summed E-state index contributed by atoms with van der Waals surface area (Å²) in [5.74, 6) is 3.60. The van der Waals surface area contributed by atoms with Crippen molar-refractivity contribution in [2.75, 3.05) is 57.9 Å². The molecule has 5 rings (SSSR count). The van der Waals surface area contributed by atoms with Crippen LogP contribution in [-0.2, 0) is 27.2 Å². The third kappa shape index (κ3) is 14.1. The van der Waals surface area contributed by atoms with Gasteiger partial charge in [0.05, 0.1) is 24.7 Å². The first kappa shape index (κ1) is 50.3. The van der Waals surface area contributed by atoms with E-state index in [2.05, 4.69) is 47.0 Å². The molecule has 6 N–H and O–H groups in total. The van der Waals surface area contributed by atoms with Gasteiger partial charge in [0.1, 0.15) is 23.5 Å². The number of aliphatic imine (C=N–C) groups is 1. The van der Waals surface area contributed by atoms with Gasteiger partial charge in [-0.15, -0.1) is 0 Å². The molecule has 0 spiro atoms. The van der Waals surface area contributed by atoms with E-state index >= 15 is 8.78 Å². The number of methoxy groups -OCH3 is 1. The fourth-order valence-electron chi connectivity index (χ4n) is 7.31. The second-order valence-electron chi connectivity index (χ2n) is 16.1. The number of benzene rings is 2. The number of anilines is 1. The summed E-state index contributed by atoms with van der Waals surface area (Å²) in [7, 11) is 0.915. The van der Waals surface area contributed by atoms with E-state index in [0.717, 1.165) is 97.2 Å². The molecule has 20 heteroatoms. The number of aromatic nitrogens is 1. The number of piperazine rings is 1. The summed E-state index contributed by atoms with van der Waals surface area (Å²) < 4.78 is 107. The molecule has 2 aliphatic heterocycles. The Morgan fingerprint density at radius 1 is 1.00 bits per heavy atom. The number of halogens is 7. The highest BCUT2D eigenvalue weighted by atomic mass is 19.4. The summed E-state index contributed by atoms with van der Waals surface area (Å²) in [6.07, 6.45) is -2.56. The molecule has 352 valence electrons. The number of alkyl halides is 5. The molecule has 2 aliphatic rings. The lowest BCUT2D eigenvalue weighted by Crippen LogP contribution is -2.62. The number of carbonyl (C=O) groups excluding carboxylic acids is 2. The van der Waals surface area contributed by atoms with Gasteiger partial charge in [0.25, 0.3) is 0 Å². The Hall–Kier alpha value is -5.75. The van der Waals surface area contributed by atoms with Crippen molar-refractivity contribution in [3.63, 3.8) is 0 Å². The van der Waals surface area contributed by atoms with Gasteiger partial charge in [-0.3, -0.25) is 9.69 Å². The zero-order valence-corrected chi connectivity index (χ0v) is 36.1. The van der Waals surface area contributed by atoms with Crippen molar-refractivity contribution in [3.8, 4) is 11.8 Å². The van der Waals surface area contributed by atoms with Crippen LogP contribution in [0.5, 0.6) is 0 Å². The molecule has 13 nitrogen and oxygen atoms in total. The number of allylic oxidation sites excluding steroid dienone is 1. The average Bonchev–Trinajstić information content (AvgIpc) is 3.28. The fraction of sp³-hybridized carbons (Fsp3) is 0.467. The molecule has 0 aliphatic carbocycles. The van der Waals surface area contributed by atoms with Crippen LogP contribution < -0.4 is 26.6 Å². The summed E-state index contributed by atoms with van der Waals surface area (Å²) in [6, 6.07) is 9.28. The molecular weight excluding hydrogens is 866 g/mol. The highest BCUT2D eigenvalue weighted by molar-refractivity contribution is 5.87. The fourth-order valence-corrected chi connectivity index (χ4v) is 7.31. The van der Waals surface area contributed by atoms with E-state index in [9.17, 15) is 36.6 Å².